The molecule has 17 nitrogen and oxygen atoms in total. The molecule has 0 unspecified atom stereocenters. The van der Waals surface area contributed by atoms with Gasteiger partial charge in [0.2, 0.25) is 12.1 Å². The van der Waals surface area contributed by atoms with Gasteiger partial charge in [-0.15, -0.1) is 10.2 Å². The van der Waals surface area contributed by atoms with Crippen LogP contribution in [0.15, 0.2) is 48.5 Å². The summed E-state index contributed by atoms with van der Waals surface area (Å²) in [4.78, 5) is 35.3. The third-order valence-electron chi connectivity index (χ3n) is 8.05. The van der Waals surface area contributed by atoms with Crippen molar-refractivity contribution in [1.29, 1.82) is 0 Å². The van der Waals surface area contributed by atoms with Crippen LogP contribution in [0.3, 0.4) is 0 Å². The van der Waals surface area contributed by atoms with Gasteiger partial charge in [0.15, 0.2) is 17.0 Å². The number of tetrazole rings is 1. The summed E-state index contributed by atoms with van der Waals surface area (Å²) in [5.41, 5.74) is 3.58. The summed E-state index contributed by atoms with van der Waals surface area (Å²) < 4.78 is 28.7. The number of ether oxygens (including phenoxy) is 5. The van der Waals surface area contributed by atoms with Crippen LogP contribution in [0.1, 0.15) is 48.6 Å². The summed E-state index contributed by atoms with van der Waals surface area (Å²) in [7, 11) is 0. The molecule has 2 aliphatic heterocycles. The van der Waals surface area contributed by atoms with Gasteiger partial charge < -0.3 is 28.3 Å². The predicted octanol–water partition coefficient (Wildman–Crippen LogP) is 3.98. The molecule has 0 aliphatic carbocycles. The molecular weight excluding hydrogens is 666 g/mol. The first-order chi connectivity index (χ1) is 23.7. The number of unbranched alkanes of at least 4 members (excludes halogenated alkanes) is 1. The lowest BCUT2D eigenvalue weighted by molar-refractivity contribution is -0.507. The van der Waals surface area contributed by atoms with Gasteiger partial charge >= 0.3 is 12.1 Å². The van der Waals surface area contributed by atoms with Crippen molar-refractivity contribution >= 4 is 23.7 Å². The molecule has 0 bridgehead atoms. The Hall–Kier alpha value is -4.49. The van der Waals surface area contributed by atoms with Crippen molar-refractivity contribution in [3.05, 3.63) is 70.8 Å². The number of aryl methyl sites for hydroxylation is 1. The van der Waals surface area contributed by atoms with E-state index in [0.29, 0.717) is 18.1 Å². The highest BCUT2D eigenvalue weighted by Crippen LogP contribution is 2.32. The van der Waals surface area contributed by atoms with E-state index < -0.39 is 48.2 Å². The number of fused-ring (bicyclic) bond motifs is 1. The fourth-order valence-electron chi connectivity index (χ4n) is 5.79. The topological polar surface area (TPSA) is 206 Å². The second-order valence-corrected chi connectivity index (χ2v) is 11.7. The van der Waals surface area contributed by atoms with Crippen molar-refractivity contribution in [1.82, 2.24) is 35.6 Å². The lowest BCUT2D eigenvalue weighted by atomic mass is 9.98. The van der Waals surface area contributed by atoms with Crippen LogP contribution < -0.4 is 0 Å². The maximum atomic E-state index is 13.4. The summed E-state index contributed by atoms with van der Waals surface area (Å²) in [6.45, 7) is 3.61. The van der Waals surface area contributed by atoms with Crippen LogP contribution in [0.2, 0.25) is 5.15 Å². The Morgan fingerprint density at radius 1 is 1.06 bits per heavy atom. The van der Waals surface area contributed by atoms with E-state index in [1.807, 2.05) is 55.5 Å². The third kappa shape index (κ3) is 7.88. The zero-order valence-electron chi connectivity index (χ0n) is 26.5. The molecule has 3 N–H and O–H groups in total. The highest BCUT2D eigenvalue weighted by molar-refractivity contribution is 6.32. The molecular formula is C31H34ClN7O10. The van der Waals surface area contributed by atoms with Crippen molar-refractivity contribution in [3.8, 4) is 22.5 Å². The maximum absolute atomic E-state index is 13.4. The van der Waals surface area contributed by atoms with Crippen molar-refractivity contribution < 1.29 is 48.5 Å². The number of H-pyrrole nitrogens is 1. The van der Waals surface area contributed by atoms with Crippen LogP contribution in [0.25, 0.3) is 22.5 Å². The molecule has 0 spiro atoms. The molecule has 0 amide bonds. The second kappa shape index (κ2) is 15.4. The van der Waals surface area contributed by atoms with E-state index in [0.717, 1.165) is 35.1 Å². The monoisotopic (exact) mass is 699 g/mol. The molecule has 4 heterocycles. The van der Waals surface area contributed by atoms with E-state index in [4.69, 9.17) is 50.5 Å². The second-order valence-electron chi connectivity index (χ2n) is 11.3. The minimum atomic E-state index is -1.35. The Morgan fingerprint density at radius 3 is 2.47 bits per heavy atom. The van der Waals surface area contributed by atoms with Gasteiger partial charge in [-0.2, -0.15) is 5.21 Å². The number of hydrogen-bond acceptors (Lipinski definition) is 15. The molecule has 6 rings (SSSR count). The van der Waals surface area contributed by atoms with Crippen molar-refractivity contribution in [3.63, 3.8) is 0 Å². The van der Waals surface area contributed by atoms with Gasteiger partial charge in [-0.3, -0.25) is 10.4 Å². The van der Waals surface area contributed by atoms with Gasteiger partial charge in [-0.05, 0) is 28.3 Å². The molecule has 260 valence electrons. The Bertz CT molecular complexity index is 1740. The van der Waals surface area contributed by atoms with E-state index >= 15 is 0 Å². The van der Waals surface area contributed by atoms with E-state index in [2.05, 4.69) is 25.6 Å². The van der Waals surface area contributed by atoms with Crippen LogP contribution in [0, 0.1) is 0 Å². The van der Waals surface area contributed by atoms with E-state index in [1.165, 1.54) is 6.92 Å². The summed E-state index contributed by atoms with van der Waals surface area (Å²) in [6, 6.07) is 15.5. The Labute approximate surface area is 284 Å². The van der Waals surface area contributed by atoms with Gasteiger partial charge in [0.1, 0.15) is 24.1 Å². The number of aromatic nitrogens is 6. The number of nitrogens with zero attached hydrogens (tertiary/aromatic N) is 6. The van der Waals surface area contributed by atoms with Crippen molar-refractivity contribution in [2.24, 2.45) is 0 Å². The average Bonchev–Trinajstić information content (AvgIpc) is 3.87. The minimum absolute atomic E-state index is 0.0161. The summed E-state index contributed by atoms with van der Waals surface area (Å²) >= 11 is 6.50. The molecule has 2 aromatic heterocycles. The molecule has 2 fully saturated rings. The highest BCUT2D eigenvalue weighted by atomic mass is 35.5. The SMILES string of the molecule is CCCCc1nc(Cl)c(C(=O)O[C@@H](C)OC(=O)O[C@H]2CO[C@H]3[C@@H]2OC[C@H]3ON(O)O)n1Cc1ccc(-c2ccccc2-c2nn[nH]n2)cc1. The first-order valence-corrected chi connectivity index (χ1v) is 15.9. The fraction of sp³-hybridized carbons (Fsp3) is 0.419. The Balaban J connectivity index is 1.12. The maximum Gasteiger partial charge on any atom is 0.511 e. The fourth-order valence-corrected chi connectivity index (χ4v) is 6.07. The quantitative estimate of drug-likeness (QED) is 0.103. The number of aromatic amines is 1. The van der Waals surface area contributed by atoms with E-state index in [-0.39, 0.29) is 30.6 Å². The summed E-state index contributed by atoms with van der Waals surface area (Å²) in [5.74, 6) is 0.250. The zero-order valence-corrected chi connectivity index (χ0v) is 27.2. The van der Waals surface area contributed by atoms with E-state index in [9.17, 15) is 9.59 Å². The zero-order chi connectivity index (χ0) is 34.5. The smallest absolute Gasteiger partial charge is 0.426 e. The van der Waals surface area contributed by atoms with Crippen molar-refractivity contribution in [2.75, 3.05) is 13.2 Å². The molecule has 2 aliphatic rings. The number of esters is 1. The number of benzene rings is 2. The lowest BCUT2D eigenvalue weighted by Crippen LogP contribution is -2.37. The molecule has 18 heteroatoms. The highest BCUT2D eigenvalue weighted by Gasteiger charge is 2.51. The number of imidazole rings is 1. The van der Waals surface area contributed by atoms with Gasteiger partial charge in [0.25, 0.3) is 0 Å². The molecule has 4 aromatic rings. The predicted molar refractivity (Wildman–Crippen MR) is 166 cm³/mol. The van der Waals surface area contributed by atoms with Gasteiger partial charge in [0, 0.05) is 25.5 Å². The van der Waals surface area contributed by atoms with Crippen LogP contribution in [0.5, 0.6) is 0 Å². The van der Waals surface area contributed by atoms with Gasteiger partial charge in [0.05, 0.1) is 18.6 Å². The Morgan fingerprint density at radius 2 is 1.78 bits per heavy atom. The first kappa shape index (κ1) is 34.4. The van der Waals surface area contributed by atoms with Crippen LogP contribution in [-0.4, -0.2) is 102 Å². The molecule has 0 radical (unpaired) electrons. The first-order valence-electron chi connectivity index (χ1n) is 15.5. The van der Waals surface area contributed by atoms with Gasteiger partial charge in [-0.25, -0.2) is 19.4 Å². The summed E-state index contributed by atoms with van der Waals surface area (Å²) in [6.07, 6.45) is -3.30. The molecule has 5 atom stereocenters. The standard InChI is InChI=1S/C31H34ClN7O10/c1-3-4-9-24-33-28(32)25(30(40)46-17(2)47-31(41)48-22-15-44-27-23(49-39(42)43)16-45-26(22)27)38(24)14-18-10-12-19(13-11-18)20-7-5-6-8-21(20)29-34-36-37-35-29/h5-8,10-13,17,22-23,26-27,42-43H,3-4,9,14-16H2,1-2H3,(H,34,35,36,37)/t17-,22+,23-,26-,27-/m1/s1. The normalized spacial score (nSPS) is 20.7. The average molecular weight is 700 g/mol. The Kier molecular flexibility index (Phi) is 10.8. The molecule has 2 aromatic carbocycles. The summed E-state index contributed by atoms with van der Waals surface area (Å²) in [5, 5.41) is 31.7. The number of rotatable bonds is 13. The lowest BCUT2D eigenvalue weighted by Gasteiger charge is -2.19. The van der Waals surface area contributed by atoms with E-state index in [1.54, 1.807) is 4.57 Å². The number of nitrogens with one attached hydrogen (secondary N) is 1. The molecule has 0 saturated carbocycles. The number of carbonyl (C=O) groups is 2. The molecule has 49 heavy (non-hydrogen) atoms. The van der Waals surface area contributed by atoms with Crippen LogP contribution in [-0.2, 0) is 41.5 Å². The van der Waals surface area contributed by atoms with Crippen LogP contribution >= 0.6 is 11.6 Å². The molecule has 2 saturated heterocycles. The number of hydrogen-bond donors (Lipinski definition) is 3. The third-order valence-corrected chi connectivity index (χ3v) is 8.31. The minimum Gasteiger partial charge on any atom is -0.426 e. The number of carbonyl (C=O) groups excluding carboxylic acids is 2. The van der Waals surface area contributed by atoms with Crippen molar-refractivity contribution in [2.45, 2.75) is 70.4 Å². The largest absolute Gasteiger partial charge is 0.511 e. The van der Waals surface area contributed by atoms with Gasteiger partial charge in [-0.1, -0.05) is 73.5 Å². The number of halogens is 1. The van der Waals surface area contributed by atoms with Crippen LogP contribution in [0.4, 0.5) is 4.79 Å².